The Kier molecular flexibility index (Phi) is 5.00. The molecule has 126 valence electrons. The second kappa shape index (κ2) is 7.18. The van der Waals surface area contributed by atoms with Crippen molar-refractivity contribution in [3.63, 3.8) is 0 Å². The zero-order valence-electron chi connectivity index (χ0n) is 14.2. The van der Waals surface area contributed by atoms with Gasteiger partial charge in [0.05, 0.1) is 12.8 Å². The Hall–Kier alpha value is -2.14. The summed E-state index contributed by atoms with van der Waals surface area (Å²) in [7, 11) is 1.68. The number of methoxy groups -OCH3 is 1. The predicted molar refractivity (Wildman–Crippen MR) is 100 cm³/mol. The lowest BCUT2D eigenvalue weighted by Gasteiger charge is -2.10. The van der Waals surface area contributed by atoms with Crippen LogP contribution in [0.4, 0.5) is 5.69 Å². The molecular formula is C19H22N2O2S. The van der Waals surface area contributed by atoms with E-state index >= 15 is 0 Å². The number of hydrogen-bond acceptors (Lipinski definition) is 5. The molecular weight excluding hydrogens is 320 g/mol. The molecule has 5 heteroatoms. The van der Waals surface area contributed by atoms with Gasteiger partial charge in [-0.2, -0.15) is 0 Å². The zero-order chi connectivity index (χ0) is 17.1. The Morgan fingerprint density at radius 2 is 2.08 bits per heavy atom. The van der Waals surface area contributed by atoms with E-state index in [-0.39, 0.29) is 6.10 Å². The predicted octanol–water partition coefficient (Wildman–Crippen LogP) is 4.18. The fourth-order valence-corrected chi connectivity index (χ4v) is 3.64. The van der Waals surface area contributed by atoms with Crippen LogP contribution in [0.2, 0.25) is 0 Å². The minimum atomic E-state index is 0.0912. The summed E-state index contributed by atoms with van der Waals surface area (Å²) in [4.78, 5) is 6.80. The molecule has 0 bridgehead atoms. The lowest BCUT2D eigenvalue weighted by atomic mass is 9.97. The maximum absolute atomic E-state index is 5.97. The van der Waals surface area contributed by atoms with Crippen molar-refractivity contribution in [1.82, 2.24) is 0 Å². The molecule has 2 aromatic carbocycles. The Balaban J connectivity index is 1.62. The van der Waals surface area contributed by atoms with Crippen LogP contribution in [0.25, 0.3) is 0 Å². The highest BCUT2D eigenvalue weighted by Crippen LogP contribution is 2.28. The molecule has 3 rings (SSSR count). The van der Waals surface area contributed by atoms with Crippen molar-refractivity contribution in [2.45, 2.75) is 31.3 Å². The number of aryl methyl sites for hydroxylation is 2. The summed E-state index contributed by atoms with van der Waals surface area (Å²) in [5.41, 5.74) is 11.1. The first kappa shape index (κ1) is 16.7. The first-order valence-electron chi connectivity index (χ1n) is 7.93. The van der Waals surface area contributed by atoms with Crippen LogP contribution in [0, 0.1) is 13.8 Å². The summed E-state index contributed by atoms with van der Waals surface area (Å²) in [6, 6.07) is 12.2. The van der Waals surface area contributed by atoms with Gasteiger partial charge in [-0.05, 0) is 55.3 Å². The van der Waals surface area contributed by atoms with Gasteiger partial charge in [-0.25, -0.2) is 0 Å². The number of oxime groups is 1. The van der Waals surface area contributed by atoms with E-state index in [1.807, 2.05) is 31.2 Å². The minimum Gasteiger partial charge on any atom is -0.497 e. The topological polar surface area (TPSA) is 56.8 Å². The maximum atomic E-state index is 5.97. The number of rotatable bonds is 5. The number of ether oxygens (including phenoxy) is 1. The van der Waals surface area contributed by atoms with E-state index in [2.05, 4.69) is 24.2 Å². The van der Waals surface area contributed by atoms with Gasteiger partial charge >= 0.3 is 0 Å². The van der Waals surface area contributed by atoms with Crippen molar-refractivity contribution in [3.05, 3.63) is 53.1 Å². The monoisotopic (exact) mass is 342 g/mol. The Labute approximate surface area is 147 Å². The number of nitrogens with two attached hydrogens (primary N) is 1. The quantitative estimate of drug-likeness (QED) is 0.654. The van der Waals surface area contributed by atoms with E-state index in [1.54, 1.807) is 18.9 Å². The van der Waals surface area contributed by atoms with Crippen LogP contribution in [0.3, 0.4) is 0 Å². The third kappa shape index (κ3) is 3.67. The number of hydrogen-bond donors (Lipinski definition) is 1. The Bertz CT molecular complexity index is 774. The van der Waals surface area contributed by atoms with Crippen molar-refractivity contribution in [1.29, 1.82) is 0 Å². The highest BCUT2D eigenvalue weighted by atomic mass is 32.2. The molecule has 0 fully saturated rings. The SMILES string of the molecule is COc1cccc(SCC2CC(c3cc(C)c(N)cc3C)=NO2)c1. The molecule has 0 saturated carbocycles. The molecule has 0 radical (unpaired) electrons. The third-order valence-electron chi connectivity index (χ3n) is 4.13. The minimum absolute atomic E-state index is 0.0912. The number of nitrogen functional groups attached to an aromatic ring is 1. The standard InChI is InChI=1S/C19H22N2O2S/c1-12-8-18(20)13(2)7-17(12)19-10-15(23-21-19)11-24-16-6-4-5-14(9-16)22-3/h4-9,15H,10-11,20H2,1-3H3. The lowest BCUT2D eigenvalue weighted by Crippen LogP contribution is -2.12. The second-order valence-corrected chi connectivity index (χ2v) is 7.08. The molecule has 1 aliphatic rings. The van der Waals surface area contributed by atoms with E-state index in [1.165, 1.54) is 4.90 Å². The van der Waals surface area contributed by atoms with E-state index in [0.29, 0.717) is 0 Å². The highest BCUT2D eigenvalue weighted by Gasteiger charge is 2.23. The largest absolute Gasteiger partial charge is 0.497 e. The number of anilines is 1. The van der Waals surface area contributed by atoms with Gasteiger partial charge in [-0.1, -0.05) is 11.2 Å². The molecule has 1 atom stereocenters. The zero-order valence-corrected chi connectivity index (χ0v) is 15.0. The van der Waals surface area contributed by atoms with Crippen LogP contribution < -0.4 is 10.5 Å². The van der Waals surface area contributed by atoms with E-state index in [0.717, 1.165) is 46.0 Å². The number of thioether (sulfide) groups is 1. The van der Waals surface area contributed by atoms with Crippen molar-refractivity contribution in [2.24, 2.45) is 5.16 Å². The summed E-state index contributed by atoms with van der Waals surface area (Å²) in [6.07, 6.45) is 0.912. The van der Waals surface area contributed by atoms with Crippen LogP contribution in [0.15, 0.2) is 46.4 Å². The summed E-state index contributed by atoms with van der Waals surface area (Å²) >= 11 is 1.76. The number of nitrogens with zero attached hydrogens (tertiary/aromatic N) is 1. The molecule has 0 saturated heterocycles. The van der Waals surface area contributed by atoms with Crippen LogP contribution in [0.5, 0.6) is 5.75 Å². The molecule has 2 aromatic rings. The van der Waals surface area contributed by atoms with Gasteiger partial charge in [-0.15, -0.1) is 11.8 Å². The van der Waals surface area contributed by atoms with Gasteiger partial charge in [-0.3, -0.25) is 0 Å². The first-order valence-corrected chi connectivity index (χ1v) is 8.92. The van der Waals surface area contributed by atoms with Crippen LogP contribution in [0.1, 0.15) is 23.1 Å². The van der Waals surface area contributed by atoms with Crippen LogP contribution >= 0.6 is 11.8 Å². The Morgan fingerprint density at radius 1 is 1.25 bits per heavy atom. The van der Waals surface area contributed by atoms with Crippen molar-refractivity contribution in [3.8, 4) is 5.75 Å². The lowest BCUT2D eigenvalue weighted by molar-refractivity contribution is 0.103. The number of benzene rings is 2. The van der Waals surface area contributed by atoms with Gasteiger partial charge in [0, 0.05) is 28.3 Å². The molecule has 0 amide bonds. The fraction of sp³-hybridized carbons (Fsp3) is 0.316. The molecule has 1 heterocycles. The average Bonchev–Trinajstić information content (AvgIpc) is 3.05. The fourth-order valence-electron chi connectivity index (χ4n) is 2.71. The first-order chi connectivity index (χ1) is 11.6. The summed E-state index contributed by atoms with van der Waals surface area (Å²) < 4.78 is 5.26. The van der Waals surface area contributed by atoms with E-state index in [4.69, 9.17) is 15.3 Å². The molecule has 0 aromatic heterocycles. The van der Waals surface area contributed by atoms with E-state index < -0.39 is 0 Å². The van der Waals surface area contributed by atoms with Crippen molar-refractivity contribution < 1.29 is 9.57 Å². The van der Waals surface area contributed by atoms with E-state index in [9.17, 15) is 0 Å². The van der Waals surface area contributed by atoms with Crippen molar-refractivity contribution >= 4 is 23.2 Å². The molecule has 4 nitrogen and oxygen atoms in total. The molecule has 24 heavy (non-hydrogen) atoms. The molecule has 1 aliphatic heterocycles. The highest BCUT2D eigenvalue weighted by molar-refractivity contribution is 7.99. The molecule has 1 unspecified atom stereocenters. The Morgan fingerprint density at radius 3 is 2.88 bits per heavy atom. The van der Waals surface area contributed by atoms with Crippen molar-refractivity contribution in [2.75, 3.05) is 18.6 Å². The molecule has 0 aliphatic carbocycles. The molecule has 0 spiro atoms. The van der Waals surface area contributed by atoms with Crippen LogP contribution in [-0.2, 0) is 4.84 Å². The van der Waals surface area contributed by atoms with Gasteiger partial charge in [0.2, 0.25) is 0 Å². The van der Waals surface area contributed by atoms with Gasteiger partial charge in [0.15, 0.2) is 0 Å². The van der Waals surface area contributed by atoms with Gasteiger partial charge in [0.25, 0.3) is 0 Å². The average molecular weight is 342 g/mol. The molecule has 2 N–H and O–H groups in total. The summed E-state index contributed by atoms with van der Waals surface area (Å²) in [6.45, 7) is 4.08. The second-order valence-electron chi connectivity index (χ2n) is 5.98. The normalized spacial score (nSPS) is 16.6. The van der Waals surface area contributed by atoms with Crippen LogP contribution in [-0.4, -0.2) is 24.7 Å². The van der Waals surface area contributed by atoms with Gasteiger partial charge in [0.1, 0.15) is 11.9 Å². The summed E-state index contributed by atoms with van der Waals surface area (Å²) in [5, 5.41) is 4.30. The summed E-state index contributed by atoms with van der Waals surface area (Å²) in [5.74, 6) is 1.73. The smallest absolute Gasteiger partial charge is 0.142 e. The maximum Gasteiger partial charge on any atom is 0.142 e. The van der Waals surface area contributed by atoms with Gasteiger partial charge < -0.3 is 15.3 Å². The third-order valence-corrected chi connectivity index (χ3v) is 5.26.